The Labute approximate surface area is 158 Å². The molecule has 0 unspecified atom stereocenters. The van der Waals surface area contributed by atoms with E-state index in [4.69, 9.17) is 9.47 Å². The predicted octanol–water partition coefficient (Wildman–Crippen LogP) is 3.02. The van der Waals surface area contributed by atoms with Crippen molar-refractivity contribution in [3.8, 4) is 11.5 Å². The van der Waals surface area contributed by atoms with Crippen molar-refractivity contribution >= 4 is 17.5 Å². The molecule has 1 saturated carbocycles. The molecule has 0 bridgehead atoms. The maximum Gasteiger partial charge on any atom is 0.270 e. The molecule has 3 rings (SSSR count). The fraction of sp³-hybridized carbons (Fsp3) is 0.350. The van der Waals surface area contributed by atoms with Crippen molar-refractivity contribution in [1.29, 1.82) is 0 Å². The second kappa shape index (κ2) is 8.53. The fourth-order valence-electron chi connectivity index (χ4n) is 3.12. The molecule has 1 aromatic carbocycles. The maximum atomic E-state index is 12.6. The molecular weight excluding hydrogens is 346 g/mol. The van der Waals surface area contributed by atoms with E-state index < -0.39 is 0 Å². The summed E-state index contributed by atoms with van der Waals surface area (Å²) in [7, 11) is 3.07. The Hall–Kier alpha value is -3.09. The highest BCUT2D eigenvalue weighted by atomic mass is 16.5. The number of carbonyl (C=O) groups excluding carboxylic acids is 2. The molecule has 7 nitrogen and oxygen atoms in total. The molecule has 0 spiro atoms. The molecule has 1 aliphatic rings. The van der Waals surface area contributed by atoms with E-state index in [0.29, 0.717) is 22.7 Å². The summed E-state index contributed by atoms with van der Waals surface area (Å²) in [6, 6.07) is 8.37. The molecule has 0 saturated heterocycles. The molecule has 0 atom stereocenters. The standard InChI is InChI=1S/C20H23N3O4/c1-26-15-7-8-16(18(12-15)27-2)23-19(24)13-9-10-21-17(11-13)20(25)22-14-5-3-4-6-14/h7-12,14H,3-6H2,1-2H3,(H,22,25)(H,23,24). The number of hydrogen-bond acceptors (Lipinski definition) is 5. The van der Waals surface area contributed by atoms with Crippen LogP contribution in [-0.2, 0) is 0 Å². The lowest BCUT2D eigenvalue weighted by Gasteiger charge is -2.13. The maximum absolute atomic E-state index is 12.6. The average Bonchev–Trinajstić information content (AvgIpc) is 3.21. The number of rotatable bonds is 6. The summed E-state index contributed by atoms with van der Waals surface area (Å²) in [4.78, 5) is 29.1. The van der Waals surface area contributed by atoms with E-state index in [9.17, 15) is 9.59 Å². The van der Waals surface area contributed by atoms with E-state index in [0.717, 1.165) is 25.7 Å². The van der Waals surface area contributed by atoms with Crippen LogP contribution in [0.1, 0.15) is 46.5 Å². The summed E-state index contributed by atoms with van der Waals surface area (Å²) in [5.41, 5.74) is 1.09. The van der Waals surface area contributed by atoms with Gasteiger partial charge in [0.05, 0.1) is 19.9 Å². The Balaban J connectivity index is 1.72. The summed E-state index contributed by atoms with van der Waals surface area (Å²) < 4.78 is 10.4. The minimum Gasteiger partial charge on any atom is -0.497 e. The van der Waals surface area contributed by atoms with E-state index >= 15 is 0 Å². The average molecular weight is 369 g/mol. The van der Waals surface area contributed by atoms with Crippen LogP contribution in [0.25, 0.3) is 0 Å². The Bertz CT molecular complexity index is 832. The number of pyridine rings is 1. The van der Waals surface area contributed by atoms with Crippen LogP contribution in [0.2, 0.25) is 0 Å². The van der Waals surface area contributed by atoms with Crippen molar-refractivity contribution in [2.24, 2.45) is 0 Å². The van der Waals surface area contributed by atoms with Gasteiger partial charge in [-0.3, -0.25) is 14.6 Å². The van der Waals surface area contributed by atoms with Gasteiger partial charge in [-0.2, -0.15) is 0 Å². The van der Waals surface area contributed by atoms with E-state index in [-0.39, 0.29) is 23.6 Å². The molecule has 2 aromatic rings. The van der Waals surface area contributed by atoms with Gasteiger partial charge in [0.15, 0.2) is 0 Å². The number of anilines is 1. The zero-order valence-electron chi connectivity index (χ0n) is 15.5. The summed E-state index contributed by atoms with van der Waals surface area (Å²) in [5, 5.41) is 5.76. The molecule has 0 aliphatic heterocycles. The van der Waals surface area contributed by atoms with E-state index in [1.165, 1.54) is 19.4 Å². The number of carbonyl (C=O) groups is 2. The first-order chi connectivity index (χ1) is 13.1. The monoisotopic (exact) mass is 369 g/mol. The van der Waals surface area contributed by atoms with Crippen molar-refractivity contribution in [3.63, 3.8) is 0 Å². The molecule has 1 aliphatic carbocycles. The van der Waals surface area contributed by atoms with Gasteiger partial charge in [-0.25, -0.2) is 0 Å². The number of hydrogen-bond donors (Lipinski definition) is 2. The molecule has 2 N–H and O–H groups in total. The van der Waals surface area contributed by atoms with Crippen LogP contribution >= 0.6 is 0 Å². The number of aromatic nitrogens is 1. The topological polar surface area (TPSA) is 89.5 Å². The van der Waals surface area contributed by atoms with E-state index in [2.05, 4.69) is 15.6 Å². The van der Waals surface area contributed by atoms with Crippen molar-refractivity contribution in [1.82, 2.24) is 10.3 Å². The lowest BCUT2D eigenvalue weighted by Crippen LogP contribution is -2.33. The number of methoxy groups -OCH3 is 2. The molecule has 1 aromatic heterocycles. The number of ether oxygens (including phenoxy) is 2. The van der Waals surface area contributed by atoms with Crippen molar-refractivity contribution < 1.29 is 19.1 Å². The number of amides is 2. The first kappa shape index (κ1) is 18.7. The van der Waals surface area contributed by atoms with Gasteiger partial charge in [-0.15, -0.1) is 0 Å². The number of nitrogens with zero attached hydrogens (tertiary/aromatic N) is 1. The third-order valence-electron chi connectivity index (χ3n) is 4.60. The van der Waals surface area contributed by atoms with Gasteiger partial charge < -0.3 is 20.1 Å². The molecule has 1 heterocycles. The smallest absolute Gasteiger partial charge is 0.270 e. The first-order valence-electron chi connectivity index (χ1n) is 8.91. The molecular formula is C20H23N3O4. The van der Waals surface area contributed by atoms with Crippen LogP contribution < -0.4 is 20.1 Å². The van der Waals surface area contributed by atoms with Gasteiger partial charge in [-0.1, -0.05) is 12.8 Å². The van der Waals surface area contributed by atoms with Gasteiger partial charge in [0, 0.05) is 23.9 Å². The summed E-state index contributed by atoms with van der Waals surface area (Å²) in [5.74, 6) is 0.505. The van der Waals surface area contributed by atoms with Crippen molar-refractivity contribution in [3.05, 3.63) is 47.8 Å². The zero-order chi connectivity index (χ0) is 19.2. The van der Waals surface area contributed by atoms with E-state index in [1.54, 1.807) is 31.4 Å². The molecule has 7 heteroatoms. The molecule has 2 amide bonds. The van der Waals surface area contributed by atoms with E-state index in [1.807, 2.05) is 0 Å². The highest BCUT2D eigenvalue weighted by Crippen LogP contribution is 2.29. The molecule has 1 fully saturated rings. The SMILES string of the molecule is COc1ccc(NC(=O)c2ccnc(C(=O)NC3CCCC3)c2)c(OC)c1. The van der Waals surface area contributed by atoms with Crippen molar-refractivity contribution in [2.45, 2.75) is 31.7 Å². The third-order valence-corrected chi connectivity index (χ3v) is 4.60. The lowest BCUT2D eigenvalue weighted by molar-refractivity contribution is 0.0933. The van der Waals surface area contributed by atoms with Crippen LogP contribution in [0.3, 0.4) is 0 Å². The van der Waals surface area contributed by atoms with Gasteiger partial charge in [0.2, 0.25) is 0 Å². The molecule has 142 valence electrons. The molecule has 0 radical (unpaired) electrons. The summed E-state index contributed by atoms with van der Waals surface area (Å²) in [6.45, 7) is 0. The lowest BCUT2D eigenvalue weighted by atomic mass is 10.2. The fourth-order valence-corrected chi connectivity index (χ4v) is 3.12. The van der Waals surface area contributed by atoms with Crippen LogP contribution in [0, 0.1) is 0 Å². The van der Waals surface area contributed by atoms with Crippen LogP contribution in [0.5, 0.6) is 11.5 Å². The largest absolute Gasteiger partial charge is 0.497 e. The predicted molar refractivity (Wildman–Crippen MR) is 101 cm³/mol. The summed E-state index contributed by atoms with van der Waals surface area (Å²) in [6.07, 6.45) is 5.70. The van der Waals surface area contributed by atoms with Gasteiger partial charge in [0.1, 0.15) is 17.2 Å². The Morgan fingerprint density at radius 2 is 1.81 bits per heavy atom. The third kappa shape index (κ3) is 4.55. The Morgan fingerprint density at radius 1 is 1.04 bits per heavy atom. The van der Waals surface area contributed by atoms with Gasteiger partial charge in [0.25, 0.3) is 11.8 Å². The van der Waals surface area contributed by atoms with Crippen LogP contribution in [0.15, 0.2) is 36.5 Å². The summed E-state index contributed by atoms with van der Waals surface area (Å²) >= 11 is 0. The first-order valence-corrected chi connectivity index (χ1v) is 8.91. The van der Waals surface area contributed by atoms with Gasteiger partial charge >= 0.3 is 0 Å². The number of nitrogens with one attached hydrogen (secondary N) is 2. The molecule has 27 heavy (non-hydrogen) atoms. The van der Waals surface area contributed by atoms with Crippen LogP contribution in [0.4, 0.5) is 5.69 Å². The minimum absolute atomic E-state index is 0.195. The second-order valence-corrected chi connectivity index (χ2v) is 6.40. The van der Waals surface area contributed by atoms with Crippen LogP contribution in [-0.4, -0.2) is 37.1 Å². The second-order valence-electron chi connectivity index (χ2n) is 6.40. The minimum atomic E-state index is -0.351. The highest BCUT2D eigenvalue weighted by molar-refractivity contribution is 6.06. The van der Waals surface area contributed by atoms with Gasteiger partial charge in [-0.05, 0) is 37.1 Å². The van der Waals surface area contributed by atoms with Crippen molar-refractivity contribution in [2.75, 3.05) is 19.5 Å². The number of benzene rings is 1. The Morgan fingerprint density at radius 3 is 2.52 bits per heavy atom. The highest BCUT2D eigenvalue weighted by Gasteiger charge is 2.19. The Kier molecular flexibility index (Phi) is 5.90. The quantitative estimate of drug-likeness (QED) is 0.817. The zero-order valence-corrected chi connectivity index (χ0v) is 15.5. The normalized spacial score (nSPS) is 13.9.